The molecule has 3 nitrogen and oxygen atoms in total. The number of rotatable bonds is 4. The molecular weight excluding hydrogens is 288 g/mol. The quantitative estimate of drug-likeness (QED) is 0.591. The summed E-state index contributed by atoms with van der Waals surface area (Å²) < 4.78 is 10.6. The molecule has 0 spiro atoms. The Morgan fingerprint density at radius 3 is 2.39 bits per heavy atom. The summed E-state index contributed by atoms with van der Waals surface area (Å²) in [6, 6.07) is 14.9. The molecule has 1 aliphatic rings. The highest BCUT2D eigenvalue weighted by atomic mass is 16.5. The van der Waals surface area contributed by atoms with Gasteiger partial charge in [-0.3, -0.25) is 0 Å². The third-order valence-corrected chi connectivity index (χ3v) is 4.47. The molecule has 0 unspecified atom stereocenters. The third-order valence-electron chi connectivity index (χ3n) is 4.47. The predicted octanol–water partition coefficient (Wildman–Crippen LogP) is 4.96. The highest BCUT2D eigenvalue weighted by molar-refractivity contribution is 5.91. The van der Waals surface area contributed by atoms with Crippen molar-refractivity contribution in [3.63, 3.8) is 0 Å². The second-order valence-corrected chi connectivity index (χ2v) is 6.03. The average Bonchev–Trinajstić information content (AvgIpc) is 2.63. The van der Waals surface area contributed by atoms with E-state index in [9.17, 15) is 4.79 Å². The minimum absolute atomic E-state index is 0.366. The van der Waals surface area contributed by atoms with Crippen LogP contribution in [0.15, 0.2) is 48.5 Å². The summed E-state index contributed by atoms with van der Waals surface area (Å²) in [7, 11) is 1.58. The van der Waals surface area contributed by atoms with Gasteiger partial charge in [-0.2, -0.15) is 0 Å². The van der Waals surface area contributed by atoms with Gasteiger partial charge in [0.05, 0.1) is 12.7 Å². The first kappa shape index (κ1) is 15.6. The van der Waals surface area contributed by atoms with Gasteiger partial charge in [0.25, 0.3) is 0 Å². The highest BCUT2D eigenvalue weighted by Gasteiger charge is 2.16. The van der Waals surface area contributed by atoms with Crippen molar-refractivity contribution in [3.8, 4) is 11.5 Å². The lowest BCUT2D eigenvalue weighted by atomic mass is 9.84. The lowest BCUT2D eigenvalue weighted by Gasteiger charge is -2.22. The zero-order valence-electron chi connectivity index (χ0n) is 13.5. The van der Waals surface area contributed by atoms with Crippen LogP contribution in [0.1, 0.15) is 53.9 Å². The monoisotopic (exact) mass is 310 g/mol. The van der Waals surface area contributed by atoms with Crippen LogP contribution in [0.5, 0.6) is 11.5 Å². The second kappa shape index (κ2) is 7.32. The zero-order chi connectivity index (χ0) is 16.1. The Bertz CT molecular complexity index is 655. The first-order valence-corrected chi connectivity index (χ1v) is 8.22. The number of hydrogen-bond acceptors (Lipinski definition) is 3. The maximum atomic E-state index is 12.2. The summed E-state index contributed by atoms with van der Waals surface area (Å²) in [5.41, 5.74) is 1.84. The first-order chi connectivity index (χ1) is 11.3. The van der Waals surface area contributed by atoms with E-state index < -0.39 is 0 Å². The number of carbonyl (C=O) groups excluding carboxylic acids is 1. The molecule has 0 bridgehead atoms. The Kier molecular flexibility index (Phi) is 4.96. The van der Waals surface area contributed by atoms with Gasteiger partial charge >= 0.3 is 5.97 Å². The Morgan fingerprint density at radius 1 is 0.957 bits per heavy atom. The summed E-state index contributed by atoms with van der Waals surface area (Å²) in [6.07, 6.45) is 6.52. The molecule has 1 fully saturated rings. The van der Waals surface area contributed by atoms with E-state index in [0.717, 1.165) is 0 Å². The van der Waals surface area contributed by atoms with E-state index in [1.807, 2.05) is 12.1 Å². The number of methoxy groups -OCH3 is 1. The van der Waals surface area contributed by atoms with Crippen molar-refractivity contribution in [1.82, 2.24) is 0 Å². The first-order valence-electron chi connectivity index (χ1n) is 8.22. The molecule has 23 heavy (non-hydrogen) atoms. The van der Waals surface area contributed by atoms with E-state index in [0.29, 0.717) is 23.0 Å². The van der Waals surface area contributed by atoms with Crippen LogP contribution in [-0.4, -0.2) is 13.1 Å². The van der Waals surface area contributed by atoms with Crippen LogP contribution < -0.4 is 9.47 Å². The van der Waals surface area contributed by atoms with Crippen LogP contribution in [-0.2, 0) is 0 Å². The predicted molar refractivity (Wildman–Crippen MR) is 90.2 cm³/mol. The van der Waals surface area contributed by atoms with E-state index in [1.165, 1.54) is 37.7 Å². The molecule has 0 aliphatic heterocycles. The molecule has 2 aromatic rings. The molecule has 120 valence electrons. The minimum atomic E-state index is -0.366. The fourth-order valence-corrected chi connectivity index (χ4v) is 3.16. The Labute approximate surface area is 137 Å². The zero-order valence-corrected chi connectivity index (χ0v) is 13.5. The molecule has 0 atom stereocenters. The second-order valence-electron chi connectivity index (χ2n) is 6.03. The van der Waals surface area contributed by atoms with E-state index in [2.05, 4.69) is 12.1 Å². The summed E-state index contributed by atoms with van der Waals surface area (Å²) in [6.45, 7) is 0. The van der Waals surface area contributed by atoms with Gasteiger partial charge < -0.3 is 9.47 Å². The molecule has 0 N–H and O–H groups in total. The number of ether oxygens (including phenoxy) is 2. The van der Waals surface area contributed by atoms with E-state index in [-0.39, 0.29) is 5.97 Å². The van der Waals surface area contributed by atoms with Crippen LogP contribution in [0.3, 0.4) is 0 Å². The van der Waals surface area contributed by atoms with Gasteiger partial charge in [-0.15, -0.1) is 0 Å². The standard InChI is InChI=1S/C20H22O3/c1-22-19-9-5-8-17(14-19)20(21)23-18-12-10-16(11-13-18)15-6-3-2-4-7-15/h5,8-15H,2-4,6-7H2,1H3. The van der Waals surface area contributed by atoms with Crippen molar-refractivity contribution >= 4 is 5.97 Å². The summed E-state index contributed by atoms with van der Waals surface area (Å²) in [5.74, 6) is 1.52. The van der Waals surface area contributed by atoms with Crippen molar-refractivity contribution in [2.75, 3.05) is 7.11 Å². The lowest BCUT2D eigenvalue weighted by Crippen LogP contribution is -2.09. The minimum Gasteiger partial charge on any atom is -0.497 e. The Morgan fingerprint density at radius 2 is 1.70 bits per heavy atom. The molecule has 3 rings (SSSR count). The van der Waals surface area contributed by atoms with Crippen LogP contribution in [0.4, 0.5) is 0 Å². The molecule has 0 aromatic heterocycles. The maximum absolute atomic E-state index is 12.2. The van der Waals surface area contributed by atoms with E-state index in [4.69, 9.17) is 9.47 Å². The largest absolute Gasteiger partial charge is 0.497 e. The van der Waals surface area contributed by atoms with Crippen molar-refractivity contribution in [3.05, 3.63) is 59.7 Å². The van der Waals surface area contributed by atoms with Crippen LogP contribution >= 0.6 is 0 Å². The van der Waals surface area contributed by atoms with Crippen molar-refractivity contribution in [2.24, 2.45) is 0 Å². The molecule has 3 heteroatoms. The van der Waals surface area contributed by atoms with Crippen molar-refractivity contribution < 1.29 is 14.3 Å². The van der Waals surface area contributed by atoms with Crippen molar-refractivity contribution in [2.45, 2.75) is 38.0 Å². The smallest absolute Gasteiger partial charge is 0.343 e. The van der Waals surface area contributed by atoms with Crippen LogP contribution in [0.25, 0.3) is 0 Å². The molecule has 0 radical (unpaired) electrons. The molecule has 0 heterocycles. The maximum Gasteiger partial charge on any atom is 0.343 e. The molecule has 0 saturated heterocycles. The summed E-state index contributed by atoms with van der Waals surface area (Å²) >= 11 is 0. The highest BCUT2D eigenvalue weighted by Crippen LogP contribution is 2.33. The van der Waals surface area contributed by atoms with Gasteiger partial charge in [-0.1, -0.05) is 37.5 Å². The van der Waals surface area contributed by atoms with Crippen LogP contribution in [0.2, 0.25) is 0 Å². The normalized spacial score (nSPS) is 15.2. The van der Waals surface area contributed by atoms with Gasteiger partial charge in [0, 0.05) is 0 Å². The number of benzene rings is 2. The molecule has 0 amide bonds. The molecular formula is C20H22O3. The average molecular weight is 310 g/mol. The fraction of sp³-hybridized carbons (Fsp3) is 0.350. The van der Waals surface area contributed by atoms with Gasteiger partial charge in [0.2, 0.25) is 0 Å². The Balaban J connectivity index is 1.66. The van der Waals surface area contributed by atoms with Gasteiger partial charge in [-0.05, 0) is 54.7 Å². The van der Waals surface area contributed by atoms with E-state index in [1.54, 1.807) is 31.4 Å². The fourth-order valence-electron chi connectivity index (χ4n) is 3.16. The summed E-state index contributed by atoms with van der Waals surface area (Å²) in [5, 5.41) is 0. The third kappa shape index (κ3) is 3.92. The topological polar surface area (TPSA) is 35.5 Å². The summed E-state index contributed by atoms with van der Waals surface area (Å²) in [4.78, 5) is 12.2. The van der Waals surface area contributed by atoms with Crippen molar-refractivity contribution in [1.29, 1.82) is 0 Å². The molecule has 1 aliphatic carbocycles. The number of carbonyl (C=O) groups is 1. The Hall–Kier alpha value is -2.29. The van der Waals surface area contributed by atoms with E-state index >= 15 is 0 Å². The molecule has 2 aromatic carbocycles. The van der Waals surface area contributed by atoms with Crippen LogP contribution in [0, 0.1) is 0 Å². The SMILES string of the molecule is COc1cccc(C(=O)Oc2ccc(C3CCCCC3)cc2)c1. The lowest BCUT2D eigenvalue weighted by molar-refractivity contribution is 0.0734. The van der Waals surface area contributed by atoms with Gasteiger partial charge in [-0.25, -0.2) is 4.79 Å². The number of hydrogen-bond donors (Lipinski definition) is 0. The molecule has 1 saturated carbocycles. The van der Waals surface area contributed by atoms with Gasteiger partial charge in [0.15, 0.2) is 0 Å². The number of esters is 1. The van der Waals surface area contributed by atoms with Gasteiger partial charge in [0.1, 0.15) is 11.5 Å².